The van der Waals surface area contributed by atoms with Gasteiger partial charge in [-0.2, -0.15) is 0 Å². The highest BCUT2D eigenvalue weighted by molar-refractivity contribution is 5.77. The quantitative estimate of drug-likeness (QED) is 0.831. The molecule has 0 radical (unpaired) electrons. The van der Waals surface area contributed by atoms with Gasteiger partial charge in [-0.15, -0.1) is 0 Å². The van der Waals surface area contributed by atoms with E-state index >= 15 is 0 Å². The smallest absolute Gasteiger partial charge is 0.327 e. The van der Waals surface area contributed by atoms with Crippen molar-refractivity contribution in [1.82, 2.24) is 5.32 Å². The van der Waals surface area contributed by atoms with E-state index in [0.29, 0.717) is 6.04 Å². The van der Waals surface area contributed by atoms with Gasteiger partial charge in [0.05, 0.1) is 7.11 Å². The molecule has 0 bridgehead atoms. The van der Waals surface area contributed by atoms with E-state index in [1.165, 1.54) is 20.0 Å². The van der Waals surface area contributed by atoms with Crippen LogP contribution in [0.25, 0.3) is 0 Å². The van der Waals surface area contributed by atoms with Gasteiger partial charge >= 0.3 is 5.97 Å². The lowest BCUT2D eigenvalue weighted by Gasteiger charge is -2.21. The summed E-state index contributed by atoms with van der Waals surface area (Å²) in [4.78, 5) is 11.9. The highest BCUT2D eigenvalue weighted by atomic mass is 16.5. The summed E-state index contributed by atoms with van der Waals surface area (Å²) in [6.45, 7) is 2.04. The number of nitrogens with one attached hydrogen (secondary N) is 1. The molecule has 1 unspecified atom stereocenters. The minimum absolute atomic E-state index is 0.201. The zero-order valence-corrected chi connectivity index (χ0v) is 11.1. The minimum Gasteiger partial charge on any atom is -0.468 e. The fraction of sp³-hybridized carbons (Fsp3) is 0.533. The van der Waals surface area contributed by atoms with Crippen molar-refractivity contribution in [2.45, 2.75) is 44.7 Å². The molecule has 3 heteroatoms. The molecule has 1 aromatic rings. The van der Waals surface area contributed by atoms with Crippen LogP contribution in [0.15, 0.2) is 24.3 Å². The van der Waals surface area contributed by atoms with Gasteiger partial charge in [-0.25, -0.2) is 4.79 Å². The Bertz CT molecular complexity index is 411. The molecule has 1 aliphatic rings. The third kappa shape index (κ3) is 3.10. The monoisotopic (exact) mass is 247 g/mol. The Hall–Kier alpha value is -1.35. The van der Waals surface area contributed by atoms with Crippen LogP contribution in [0.3, 0.4) is 0 Å². The predicted molar refractivity (Wildman–Crippen MR) is 71.3 cm³/mol. The number of ether oxygens (including phenoxy) is 1. The number of rotatable bonds is 4. The molecule has 0 aromatic heterocycles. The van der Waals surface area contributed by atoms with Crippen LogP contribution < -0.4 is 5.32 Å². The summed E-state index contributed by atoms with van der Waals surface area (Å²) in [5, 5.41) is 3.44. The van der Waals surface area contributed by atoms with Gasteiger partial charge in [0.25, 0.3) is 0 Å². The minimum atomic E-state index is -0.335. The Kier molecular flexibility index (Phi) is 4.37. The summed E-state index contributed by atoms with van der Waals surface area (Å²) in [6, 6.07) is 8.15. The first kappa shape index (κ1) is 13.1. The number of esters is 1. The third-order valence-electron chi connectivity index (χ3n) is 3.57. The summed E-state index contributed by atoms with van der Waals surface area (Å²) < 4.78 is 4.92. The first-order valence-electron chi connectivity index (χ1n) is 6.61. The maximum Gasteiger partial charge on any atom is 0.327 e. The van der Waals surface area contributed by atoms with E-state index in [4.69, 9.17) is 4.74 Å². The summed E-state index contributed by atoms with van der Waals surface area (Å²) in [7, 11) is 1.45. The SMILES string of the molecule is COC(=O)C(NC1CCCC1)c1cccc(C)c1. The van der Waals surface area contributed by atoms with Crippen molar-refractivity contribution >= 4 is 5.97 Å². The number of aryl methyl sites for hydroxylation is 1. The highest BCUT2D eigenvalue weighted by Crippen LogP contribution is 2.23. The van der Waals surface area contributed by atoms with Gasteiger partial charge in [0.2, 0.25) is 0 Å². The van der Waals surface area contributed by atoms with Gasteiger partial charge in [-0.3, -0.25) is 5.32 Å². The second kappa shape index (κ2) is 6.01. The van der Waals surface area contributed by atoms with Crippen LogP contribution in [0.1, 0.15) is 42.9 Å². The zero-order chi connectivity index (χ0) is 13.0. The molecule has 1 N–H and O–H groups in total. The number of benzene rings is 1. The Morgan fingerprint density at radius 3 is 2.72 bits per heavy atom. The van der Waals surface area contributed by atoms with Gasteiger partial charge < -0.3 is 4.74 Å². The van der Waals surface area contributed by atoms with Crippen LogP contribution in [0.4, 0.5) is 0 Å². The Morgan fingerprint density at radius 2 is 2.11 bits per heavy atom. The first-order chi connectivity index (χ1) is 8.70. The molecule has 1 aromatic carbocycles. The van der Waals surface area contributed by atoms with Crippen molar-refractivity contribution in [1.29, 1.82) is 0 Å². The molecule has 0 saturated heterocycles. The lowest BCUT2D eigenvalue weighted by Crippen LogP contribution is -2.36. The highest BCUT2D eigenvalue weighted by Gasteiger charge is 2.26. The largest absolute Gasteiger partial charge is 0.468 e. The van der Waals surface area contributed by atoms with Crippen molar-refractivity contribution in [2.75, 3.05) is 7.11 Å². The van der Waals surface area contributed by atoms with E-state index < -0.39 is 0 Å². The molecule has 1 atom stereocenters. The van der Waals surface area contributed by atoms with Crippen LogP contribution >= 0.6 is 0 Å². The fourth-order valence-electron chi connectivity index (χ4n) is 2.60. The second-order valence-corrected chi connectivity index (χ2v) is 5.02. The number of hydrogen-bond donors (Lipinski definition) is 1. The maximum atomic E-state index is 11.9. The van der Waals surface area contributed by atoms with Gasteiger partial charge in [0.1, 0.15) is 6.04 Å². The third-order valence-corrected chi connectivity index (χ3v) is 3.57. The lowest BCUT2D eigenvalue weighted by atomic mass is 10.0. The van der Waals surface area contributed by atoms with Gasteiger partial charge in [-0.05, 0) is 25.3 Å². The van der Waals surface area contributed by atoms with Crippen molar-refractivity contribution in [2.24, 2.45) is 0 Å². The molecular weight excluding hydrogens is 226 g/mol. The Balaban J connectivity index is 2.16. The van der Waals surface area contributed by atoms with E-state index in [1.54, 1.807) is 0 Å². The molecule has 0 spiro atoms. The van der Waals surface area contributed by atoms with Gasteiger partial charge in [-0.1, -0.05) is 42.7 Å². The maximum absolute atomic E-state index is 11.9. The molecule has 1 saturated carbocycles. The predicted octanol–water partition coefficient (Wildman–Crippen LogP) is 2.74. The van der Waals surface area contributed by atoms with Gasteiger partial charge in [0, 0.05) is 6.04 Å². The van der Waals surface area contributed by atoms with Crippen molar-refractivity contribution in [3.8, 4) is 0 Å². The van der Waals surface area contributed by atoms with E-state index in [2.05, 4.69) is 5.32 Å². The van der Waals surface area contributed by atoms with Crippen LogP contribution in [0.2, 0.25) is 0 Å². The van der Waals surface area contributed by atoms with E-state index in [1.807, 2.05) is 31.2 Å². The molecule has 18 heavy (non-hydrogen) atoms. The standard InChI is InChI=1S/C15H21NO2/c1-11-6-5-7-12(10-11)14(15(17)18-2)16-13-8-3-4-9-13/h5-7,10,13-14,16H,3-4,8-9H2,1-2H3. The number of methoxy groups -OCH3 is 1. The first-order valence-corrected chi connectivity index (χ1v) is 6.61. The molecule has 1 aliphatic carbocycles. The van der Waals surface area contributed by atoms with E-state index in [9.17, 15) is 4.79 Å². The second-order valence-electron chi connectivity index (χ2n) is 5.02. The number of carbonyl (C=O) groups excluding carboxylic acids is 1. The molecule has 98 valence electrons. The van der Waals surface area contributed by atoms with Gasteiger partial charge in [0.15, 0.2) is 0 Å². The number of carbonyl (C=O) groups is 1. The van der Waals surface area contributed by atoms with Crippen LogP contribution in [-0.2, 0) is 9.53 Å². The van der Waals surface area contributed by atoms with Crippen molar-refractivity contribution in [3.63, 3.8) is 0 Å². The van der Waals surface area contributed by atoms with Crippen LogP contribution in [0.5, 0.6) is 0 Å². The zero-order valence-electron chi connectivity index (χ0n) is 11.1. The molecular formula is C15H21NO2. The molecule has 0 amide bonds. The Labute approximate surface area is 109 Å². The summed E-state index contributed by atoms with van der Waals surface area (Å²) in [6.07, 6.45) is 4.80. The lowest BCUT2D eigenvalue weighted by molar-refractivity contribution is -0.143. The van der Waals surface area contributed by atoms with Crippen molar-refractivity contribution < 1.29 is 9.53 Å². The number of hydrogen-bond acceptors (Lipinski definition) is 3. The summed E-state index contributed by atoms with van der Waals surface area (Å²) in [5.41, 5.74) is 2.16. The average Bonchev–Trinajstić information content (AvgIpc) is 2.88. The topological polar surface area (TPSA) is 38.3 Å². The molecule has 0 heterocycles. The van der Waals surface area contributed by atoms with E-state index in [0.717, 1.165) is 24.0 Å². The molecule has 2 rings (SSSR count). The van der Waals surface area contributed by atoms with Crippen molar-refractivity contribution in [3.05, 3.63) is 35.4 Å². The van der Waals surface area contributed by atoms with Crippen LogP contribution in [-0.4, -0.2) is 19.1 Å². The fourth-order valence-corrected chi connectivity index (χ4v) is 2.60. The normalized spacial score (nSPS) is 17.7. The van der Waals surface area contributed by atoms with Crippen LogP contribution in [0, 0.1) is 6.92 Å². The average molecular weight is 247 g/mol. The van der Waals surface area contributed by atoms with E-state index in [-0.39, 0.29) is 12.0 Å². The molecule has 0 aliphatic heterocycles. The molecule has 3 nitrogen and oxygen atoms in total. The Morgan fingerprint density at radius 1 is 1.39 bits per heavy atom. The summed E-state index contributed by atoms with van der Waals surface area (Å²) >= 11 is 0. The molecule has 1 fully saturated rings. The summed E-state index contributed by atoms with van der Waals surface area (Å²) in [5.74, 6) is -0.201.